The van der Waals surface area contributed by atoms with E-state index in [1.807, 2.05) is 0 Å². The molecule has 18 heavy (non-hydrogen) atoms. The monoisotopic (exact) mass is 285 g/mol. The van der Waals surface area contributed by atoms with Crippen LogP contribution in [0.3, 0.4) is 0 Å². The van der Waals surface area contributed by atoms with E-state index in [4.69, 9.17) is 11.6 Å². The Hall–Kier alpha value is -1.30. The maximum atomic E-state index is 13.6. The summed E-state index contributed by atoms with van der Waals surface area (Å²) in [5.41, 5.74) is -1.26. The van der Waals surface area contributed by atoms with Gasteiger partial charge in [-0.15, -0.1) is 0 Å². The number of benzene rings is 1. The van der Waals surface area contributed by atoms with E-state index in [-0.39, 0.29) is 0 Å². The first-order valence-electron chi connectivity index (χ1n) is 4.50. The zero-order valence-electron chi connectivity index (χ0n) is 9.04. The molecule has 1 aromatic carbocycles. The molecule has 0 bridgehead atoms. The predicted molar refractivity (Wildman–Crippen MR) is 57.3 cm³/mol. The molecule has 1 aromatic rings. The first-order chi connectivity index (χ1) is 8.18. The van der Waals surface area contributed by atoms with Gasteiger partial charge in [-0.3, -0.25) is 0 Å². The Morgan fingerprint density at radius 1 is 1.39 bits per heavy atom. The van der Waals surface area contributed by atoms with E-state index < -0.39 is 39.7 Å². The zero-order chi connectivity index (χ0) is 14.1. The number of halogens is 6. The summed E-state index contributed by atoms with van der Waals surface area (Å²) in [4.78, 5) is 0. The molecule has 0 aliphatic rings. The molecule has 1 radical (unpaired) electrons. The number of methoxy groups -OCH3 is 1. The second kappa shape index (κ2) is 5.14. The maximum Gasteiger partial charge on any atom is 0.426 e. The largest absolute Gasteiger partial charge is 0.496 e. The highest BCUT2D eigenvalue weighted by atomic mass is 35.5. The molecule has 0 fully saturated rings. The lowest BCUT2D eigenvalue weighted by Gasteiger charge is -2.11. The van der Waals surface area contributed by atoms with Crippen LogP contribution in [0.25, 0.3) is 6.08 Å². The molecule has 0 heterocycles. The van der Waals surface area contributed by atoms with Gasteiger partial charge in [0, 0.05) is 11.6 Å². The highest BCUT2D eigenvalue weighted by molar-refractivity contribution is 6.32. The van der Waals surface area contributed by atoms with Gasteiger partial charge < -0.3 is 4.74 Å². The summed E-state index contributed by atoms with van der Waals surface area (Å²) in [6.45, 7) is 3.07. The fraction of sp³-hybridized carbons (Fsp3) is 0.182. The van der Waals surface area contributed by atoms with Crippen LogP contribution in [0.15, 0.2) is 11.1 Å². The van der Waals surface area contributed by atoms with Crippen molar-refractivity contribution in [2.45, 2.75) is 6.18 Å². The van der Waals surface area contributed by atoms with Gasteiger partial charge in [-0.25, -0.2) is 8.78 Å². The molecular formula is C11H7ClF5O. The summed E-state index contributed by atoms with van der Waals surface area (Å²) in [5, 5.41) is -1.55. The summed E-state index contributed by atoms with van der Waals surface area (Å²) >= 11 is 4.98. The normalized spacial score (nSPS) is 12.8. The molecule has 7 heteroatoms. The van der Waals surface area contributed by atoms with E-state index in [0.717, 1.165) is 13.2 Å². The van der Waals surface area contributed by atoms with Gasteiger partial charge in [-0.1, -0.05) is 11.6 Å². The topological polar surface area (TPSA) is 9.23 Å². The number of ether oxygens (including phenoxy) is 1. The minimum absolute atomic E-state index is 0.323. The summed E-state index contributed by atoms with van der Waals surface area (Å²) in [6, 6.07) is 0.734. The Morgan fingerprint density at radius 3 is 2.39 bits per heavy atom. The van der Waals surface area contributed by atoms with Crippen LogP contribution < -0.4 is 4.74 Å². The molecule has 0 N–H and O–H groups in total. The van der Waals surface area contributed by atoms with Gasteiger partial charge >= 0.3 is 6.18 Å². The fourth-order valence-electron chi connectivity index (χ4n) is 1.17. The van der Waals surface area contributed by atoms with Crippen LogP contribution >= 0.6 is 11.6 Å². The average molecular weight is 286 g/mol. The second-order valence-corrected chi connectivity index (χ2v) is 3.66. The van der Waals surface area contributed by atoms with Gasteiger partial charge in [0.2, 0.25) is 0 Å². The van der Waals surface area contributed by atoms with Crippen LogP contribution in [0.2, 0.25) is 0 Å². The van der Waals surface area contributed by atoms with Gasteiger partial charge in [-0.05, 0) is 13.0 Å². The van der Waals surface area contributed by atoms with Crippen molar-refractivity contribution in [3.63, 3.8) is 0 Å². The lowest BCUT2D eigenvalue weighted by atomic mass is 10.1. The maximum absolute atomic E-state index is 13.6. The molecule has 0 saturated heterocycles. The third-order valence-corrected chi connectivity index (χ3v) is 2.40. The van der Waals surface area contributed by atoms with Crippen LogP contribution in [-0.2, 0) is 0 Å². The summed E-state index contributed by atoms with van der Waals surface area (Å²) in [6.07, 6.45) is -4.50. The van der Waals surface area contributed by atoms with Crippen LogP contribution in [0.4, 0.5) is 22.0 Å². The minimum atomic E-state index is -4.82. The van der Waals surface area contributed by atoms with E-state index in [1.165, 1.54) is 0 Å². The molecule has 0 saturated carbocycles. The molecule has 0 spiro atoms. The third kappa shape index (κ3) is 2.93. The number of alkyl halides is 3. The molecule has 1 nitrogen and oxygen atoms in total. The second-order valence-electron chi connectivity index (χ2n) is 3.26. The van der Waals surface area contributed by atoms with Crippen LogP contribution in [0.5, 0.6) is 5.75 Å². The van der Waals surface area contributed by atoms with E-state index in [2.05, 4.69) is 11.7 Å². The van der Waals surface area contributed by atoms with Gasteiger partial charge in [0.05, 0.1) is 12.7 Å². The van der Waals surface area contributed by atoms with Crippen LogP contribution in [0, 0.1) is 18.6 Å². The van der Waals surface area contributed by atoms with Crippen molar-refractivity contribution in [2.75, 3.05) is 7.11 Å². The molecular weight excluding hydrogens is 279 g/mol. The van der Waals surface area contributed by atoms with Crippen molar-refractivity contribution in [3.05, 3.63) is 40.8 Å². The summed E-state index contributed by atoms with van der Waals surface area (Å²) < 4.78 is 68.0. The predicted octanol–water partition coefficient (Wildman–Crippen LogP) is 4.30. The number of hydrogen-bond acceptors (Lipinski definition) is 1. The summed E-state index contributed by atoms with van der Waals surface area (Å²) in [7, 11) is 1.07. The Morgan fingerprint density at radius 2 is 1.94 bits per heavy atom. The number of hydrogen-bond donors (Lipinski definition) is 0. The molecule has 0 amide bonds. The van der Waals surface area contributed by atoms with Gasteiger partial charge in [-0.2, -0.15) is 13.2 Å². The molecule has 0 aliphatic heterocycles. The Kier molecular flexibility index (Phi) is 4.21. The smallest absolute Gasteiger partial charge is 0.426 e. The van der Waals surface area contributed by atoms with E-state index in [9.17, 15) is 22.0 Å². The highest BCUT2D eigenvalue weighted by Gasteiger charge is 2.33. The zero-order valence-corrected chi connectivity index (χ0v) is 9.79. The Balaban J connectivity index is 3.45. The quantitative estimate of drug-likeness (QED) is 0.736. The average Bonchev–Trinajstić information content (AvgIpc) is 2.28. The van der Waals surface area contributed by atoms with Crippen molar-refractivity contribution in [3.8, 4) is 5.75 Å². The molecule has 0 aliphatic carbocycles. The highest BCUT2D eigenvalue weighted by Crippen LogP contribution is 2.34. The van der Waals surface area contributed by atoms with Crippen molar-refractivity contribution >= 4 is 17.7 Å². The molecule has 1 rings (SSSR count). The Labute approximate surface area is 105 Å². The fourth-order valence-corrected chi connectivity index (χ4v) is 1.28. The van der Waals surface area contributed by atoms with Crippen molar-refractivity contribution < 1.29 is 26.7 Å². The van der Waals surface area contributed by atoms with Gasteiger partial charge in [0.1, 0.15) is 22.4 Å². The summed E-state index contributed by atoms with van der Waals surface area (Å²) in [5.74, 6) is -2.68. The van der Waals surface area contributed by atoms with E-state index >= 15 is 0 Å². The van der Waals surface area contributed by atoms with E-state index in [0.29, 0.717) is 6.08 Å². The van der Waals surface area contributed by atoms with E-state index in [1.54, 1.807) is 0 Å². The van der Waals surface area contributed by atoms with Crippen molar-refractivity contribution in [2.24, 2.45) is 0 Å². The van der Waals surface area contributed by atoms with Gasteiger partial charge in [0.25, 0.3) is 0 Å². The number of allylic oxidation sites excluding steroid dienone is 1. The minimum Gasteiger partial charge on any atom is -0.496 e. The third-order valence-electron chi connectivity index (χ3n) is 2.07. The lowest BCUT2D eigenvalue weighted by Crippen LogP contribution is -2.07. The van der Waals surface area contributed by atoms with Crippen LogP contribution in [-0.4, -0.2) is 13.3 Å². The van der Waals surface area contributed by atoms with Crippen LogP contribution in [0.1, 0.15) is 11.1 Å². The van der Waals surface area contributed by atoms with Crippen molar-refractivity contribution in [1.29, 1.82) is 0 Å². The molecule has 0 atom stereocenters. The first-order valence-corrected chi connectivity index (χ1v) is 4.88. The Bertz CT molecular complexity index is 493. The molecule has 0 unspecified atom stereocenters. The van der Waals surface area contributed by atoms with Gasteiger partial charge in [0.15, 0.2) is 0 Å². The SMILES string of the molecule is [CH2]c1c(F)cc(OC)c(C=C(Cl)C(F)(F)F)c1F. The lowest BCUT2D eigenvalue weighted by molar-refractivity contribution is -0.0836. The molecule has 0 aromatic heterocycles. The van der Waals surface area contributed by atoms with Crippen molar-refractivity contribution in [1.82, 2.24) is 0 Å². The molecule has 99 valence electrons. The number of rotatable bonds is 2. The standard InChI is InChI=1S/C11H7ClF5O/c1-5-7(13)4-8(18-2)6(10(5)14)3-9(12)11(15,16)17/h3-4H,1H2,2H3. The first kappa shape index (κ1) is 14.8.